The summed E-state index contributed by atoms with van der Waals surface area (Å²) in [7, 11) is -3.53. The first-order chi connectivity index (χ1) is 10.1. The van der Waals surface area contributed by atoms with Crippen LogP contribution in [-0.4, -0.2) is 56.2 Å². The van der Waals surface area contributed by atoms with Crippen LogP contribution in [0.4, 0.5) is 5.69 Å². The Morgan fingerprint density at radius 1 is 1.19 bits per heavy atom. The van der Waals surface area contributed by atoms with Crippen molar-refractivity contribution >= 4 is 15.7 Å². The maximum Gasteiger partial charge on any atom is 0.248 e. The van der Waals surface area contributed by atoms with Crippen LogP contribution in [0.15, 0.2) is 23.1 Å². The first-order valence-corrected chi connectivity index (χ1v) is 8.72. The van der Waals surface area contributed by atoms with Crippen molar-refractivity contribution in [2.24, 2.45) is 0 Å². The maximum atomic E-state index is 12.9. The van der Waals surface area contributed by atoms with Gasteiger partial charge in [-0.3, -0.25) is 0 Å². The number of ether oxygens (including phenoxy) is 1. The largest absolute Gasteiger partial charge is 0.487 e. The molecule has 0 saturated carbocycles. The number of β-amino-alcohol motifs (C(OH)–C–C–N with tert-alkyl or cyclic N) is 1. The van der Waals surface area contributed by atoms with E-state index in [-0.39, 0.29) is 11.0 Å². The second kappa shape index (κ2) is 4.59. The van der Waals surface area contributed by atoms with Gasteiger partial charge < -0.3 is 14.7 Å². The zero-order chi connectivity index (χ0) is 14.6. The van der Waals surface area contributed by atoms with E-state index >= 15 is 0 Å². The first-order valence-electron chi connectivity index (χ1n) is 7.28. The summed E-state index contributed by atoms with van der Waals surface area (Å²) < 4.78 is 33.2. The molecule has 3 atom stereocenters. The van der Waals surface area contributed by atoms with Crippen molar-refractivity contribution in [3.8, 4) is 5.75 Å². The van der Waals surface area contributed by atoms with E-state index in [1.165, 1.54) is 4.31 Å². The van der Waals surface area contributed by atoms with Crippen LogP contribution in [0, 0.1) is 0 Å². The fourth-order valence-corrected chi connectivity index (χ4v) is 5.19. The van der Waals surface area contributed by atoms with E-state index in [4.69, 9.17) is 4.74 Å². The van der Waals surface area contributed by atoms with Crippen molar-refractivity contribution in [3.63, 3.8) is 0 Å². The Kier molecular flexibility index (Phi) is 2.92. The number of aliphatic hydroxyl groups excluding tert-OH is 1. The van der Waals surface area contributed by atoms with Gasteiger partial charge in [0.15, 0.2) is 0 Å². The van der Waals surface area contributed by atoms with Crippen LogP contribution < -0.4 is 9.64 Å². The first kappa shape index (κ1) is 13.4. The van der Waals surface area contributed by atoms with Gasteiger partial charge in [0, 0.05) is 19.6 Å². The van der Waals surface area contributed by atoms with Crippen molar-refractivity contribution in [1.82, 2.24) is 4.31 Å². The number of hydrogen-bond acceptors (Lipinski definition) is 5. The summed E-state index contributed by atoms with van der Waals surface area (Å²) >= 11 is 0. The molecule has 3 aliphatic rings. The van der Waals surface area contributed by atoms with E-state index < -0.39 is 16.1 Å². The molecule has 2 bridgehead atoms. The molecule has 6 nitrogen and oxygen atoms in total. The molecule has 1 unspecified atom stereocenters. The lowest BCUT2D eigenvalue weighted by Gasteiger charge is -2.24. The monoisotopic (exact) mass is 310 g/mol. The average molecular weight is 310 g/mol. The minimum atomic E-state index is -3.53. The zero-order valence-electron chi connectivity index (χ0n) is 11.6. The molecule has 4 rings (SSSR count). The van der Waals surface area contributed by atoms with Gasteiger partial charge >= 0.3 is 0 Å². The molecule has 1 N–H and O–H groups in total. The quantitative estimate of drug-likeness (QED) is 0.814. The Morgan fingerprint density at radius 2 is 2.05 bits per heavy atom. The molecule has 0 aliphatic carbocycles. The minimum absolute atomic E-state index is 0.0551. The Bertz CT molecular complexity index is 676. The third-order valence-corrected chi connectivity index (χ3v) is 6.40. The fourth-order valence-electron chi connectivity index (χ4n) is 3.39. The molecule has 2 saturated heterocycles. The lowest BCUT2D eigenvalue weighted by atomic mass is 10.2. The van der Waals surface area contributed by atoms with Crippen molar-refractivity contribution in [2.75, 3.05) is 31.1 Å². The number of fused-ring (bicyclic) bond motifs is 3. The summed E-state index contributed by atoms with van der Waals surface area (Å²) in [5.41, 5.74) is 0.650. The molecule has 0 aromatic heterocycles. The molecule has 0 radical (unpaired) electrons. The lowest BCUT2D eigenvalue weighted by molar-refractivity contribution is 0.198. The SMILES string of the molecule is O=S1(=O)c2c(cccc2N2CC[C@H](O)C2)O[C@H]2CCN1C2. The van der Waals surface area contributed by atoms with E-state index in [2.05, 4.69) is 0 Å². The molecular formula is C14H18N2O4S. The predicted octanol–water partition coefficient (Wildman–Crippen LogP) is 0.413. The fraction of sp³-hybridized carbons (Fsp3) is 0.571. The number of hydrogen-bond donors (Lipinski definition) is 1. The maximum absolute atomic E-state index is 12.9. The van der Waals surface area contributed by atoms with Gasteiger partial charge in [0.25, 0.3) is 0 Å². The average Bonchev–Trinajstić information content (AvgIpc) is 3.05. The second-order valence-electron chi connectivity index (χ2n) is 5.88. The summed E-state index contributed by atoms with van der Waals surface area (Å²) in [6.07, 6.45) is 0.954. The highest BCUT2D eigenvalue weighted by Gasteiger charge is 2.41. The molecule has 21 heavy (non-hydrogen) atoms. The van der Waals surface area contributed by atoms with Gasteiger partial charge in [-0.05, 0) is 25.0 Å². The van der Waals surface area contributed by atoms with Crippen molar-refractivity contribution in [2.45, 2.75) is 29.9 Å². The van der Waals surface area contributed by atoms with Crippen LogP contribution in [0.25, 0.3) is 0 Å². The van der Waals surface area contributed by atoms with Crippen LogP contribution in [0.3, 0.4) is 0 Å². The summed E-state index contributed by atoms with van der Waals surface area (Å²) in [6, 6.07) is 5.35. The Morgan fingerprint density at radius 3 is 2.81 bits per heavy atom. The molecule has 0 amide bonds. The molecule has 0 spiro atoms. The number of aliphatic hydroxyl groups is 1. The number of rotatable bonds is 1. The summed E-state index contributed by atoms with van der Waals surface area (Å²) in [4.78, 5) is 2.20. The van der Waals surface area contributed by atoms with Gasteiger partial charge in [-0.2, -0.15) is 4.31 Å². The molecular weight excluding hydrogens is 292 g/mol. The van der Waals surface area contributed by atoms with Gasteiger partial charge in [-0.1, -0.05) is 6.07 Å². The molecule has 1 aromatic rings. The third kappa shape index (κ3) is 2.03. The zero-order valence-corrected chi connectivity index (χ0v) is 12.4. The van der Waals surface area contributed by atoms with Crippen LogP contribution in [-0.2, 0) is 10.0 Å². The molecule has 2 fully saturated rings. The van der Waals surface area contributed by atoms with Crippen LogP contribution in [0.2, 0.25) is 0 Å². The van der Waals surface area contributed by atoms with Gasteiger partial charge in [0.05, 0.1) is 18.3 Å². The predicted molar refractivity (Wildman–Crippen MR) is 77.1 cm³/mol. The van der Waals surface area contributed by atoms with E-state index in [0.717, 1.165) is 6.42 Å². The number of nitrogens with zero attached hydrogens (tertiary/aromatic N) is 2. The van der Waals surface area contributed by atoms with Crippen LogP contribution in [0.5, 0.6) is 5.75 Å². The van der Waals surface area contributed by atoms with Crippen molar-refractivity contribution in [1.29, 1.82) is 0 Å². The number of anilines is 1. The molecule has 3 heterocycles. The van der Waals surface area contributed by atoms with Crippen molar-refractivity contribution in [3.05, 3.63) is 18.2 Å². The molecule has 114 valence electrons. The summed E-state index contributed by atoms with van der Waals surface area (Å²) in [5.74, 6) is 0.445. The van der Waals surface area contributed by atoms with Crippen molar-refractivity contribution < 1.29 is 18.3 Å². The smallest absolute Gasteiger partial charge is 0.248 e. The van der Waals surface area contributed by atoms with E-state index in [0.29, 0.717) is 44.0 Å². The second-order valence-corrected chi connectivity index (χ2v) is 7.76. The van der Waals surface area contributed by atoms with Crippen LogP contribution in [0.1, 0.15) is 12.8 Å². The van der Waals surface area contributed by atoms with Gasteiger partial charge in [0.1, 0.15) is 16.7 Å². The van der Waals surface area contributed by atoms with E-state index in [9.17, 15) is 13.5 Å². The van der Waals surface area contributed by atoms with Gasteiger partial charge in [0.2, 0.25) is 10.0 Å². The highest BCUT2D eigenvalue weighted by Crippen LogP contribution is 2.41. The standard InChI is InChI=1S/C14H18N2O4S/c17-10-4-6-15(8-10)12-2-1-3-13-14(12)21(18,19)16-7-5-11(9-16)20-13/h1-3,10-11,17H,4-9H2/t10-,11-/m0/s1. The third-order valence-electron chi connectivity index (χ3n) is 4.46. The van der Waals surface area contributed by atoms with Gasteiger partial charge in [-0.25, -0.2) is 8.42 Å². The molecule has 3 aliphatic heterocycles. The van der Waals surface area contributed by atoms with E-state index in [1.54, 1.807) is 12.1 Å². The minimum Gasteiger partial charge on any atom is -0.487 e. The highest BCUT2D eigenvalue weighted by molar-refractivity contribution is 7.89. The number of sulfonamides is 1. The lowest BCUT2D eigenvalue weighted by Crippen LogP contribution is -2.30. The topological polar surface area (TPSA) is 70.1 Å². The molecule has 1 aromatic carbocycles. The van der Waals surface area contributed by atoms with E-state index in [1.807, 2.05) is 11.0 Å². The van der Waals surface area contributed by atoms with Gasteiger partial charge in [-0.15, -0.1) is 0 Å². The number of benzene rings is 1. The summed E-state index contributed by atoms with van der Waals surface area (Å²) in [6.45, 7) is 2.08. The van der Waals surface area contributed by atoms with Crippen LogP contribution >= 0.6 is 0 Å². The normalized spacial score (nSPS) is 33.4. The summed E-state index contributed by atoms with van der Waals surface area (Å²) in [5, 5.41) is 9.72. The Labute approximate surface area is 124 Å². The highest BCUT2D eigenvalue weighted by atomic mass is 32.2. The molecule has 7 heteroatoms. The Hall–Kier alpha value is -1.31. The Balaban J connectivity index is 1.87.